The van der Waals surface area contributed by atoms with Gasteiger partial charge in [-0.15, -0.1) is 11.8 Å². The molecule has 0 spiro atoms. The summed E-state index contributed by atoms with van der Waals surface area (Å²) in [7, 11) is 0. The van der Waals surface area contributed by atoms with Gasteiger partial charge in [-0.2, -0.15) is 0 Å². The molecule has 0 unspecified atom stereocenters. The van der Waals surface area contributed by atoms with E-state index in [0.29, 0.717) is 12.1 Å². The monoisotopic (exact) mass is 280 g/mol. The van der Waals surface area contributed by atoms with Crippen molar-refractivity contribution in [3.05, 3.63) is 12.7 Å². The van der Waals surface area contributed by atoms with Gasteiger partial charge in [-0.3, -0.25) is 10.2 Å². The average molecular weight is 280 g/mol. The Morgan fingerprint density at radius 3 is 3.05 bits per heavy atom. The molecule has 0 fully saturated rings. The van der Waals surface area contributed by atoms with E-state index < -0.39 is 0 Å². The molecule has 2 rings (SSSR count). The number of fused-ring (bicyclic) bond motifs is 1. The Bertz CT molecular complexity index is 543. The number of rotatable bonds is 7. The number of hydrazine groups is 1. The summed E-state index contributed by atoms with van der Waals surface area (Å²) >= 11 is 1.67. The highest BCUT2D eigenvalue weighted by molar-refractivity contribution is 7.99. The molecule has 0 aliphatic heterocycles. The number of aromatic nitrogens is 4. The van der Waals surface area contributed by atoms with E-state index in [1.54, 1.807) is 18.1 Å². The lowest BCUT2D eigenvalue weighted by Crippen LogP contribution is -2.29. The highest BCUT2D eigenvalue weighted by Gasteiger charge is 2.05. The largest absolute Gasteiger partial charge is 0.341 e. The molecule has 19 heavy (non-hydrogen) atoms. The topological polar surface area (TPSA) is 110 Å². The number of unbranched alkanes of at least 4 members (excludes halogenated alkanes) is 2. The molecule has 4 N–H and O–H groups in total. The number of hydrogen-bond acceptors (Lipinski definition) is 6. The zero-order valence-corrected chi connectivity index (χ0v) is 11.2. The van der Waals surface area contributed by atoms with Crippen LogP contribution in [-0.4, -0.2) is 31.6 Å². The fourth-order valence-electron chi connectivity index (χ4n) is 1.66. The van der Waals surface area contributed by atoms with Crippen molar-refractivity contribution in [1.82, 2.24) is 25.4 Å². The second-order valence-electron chi connectivity index (χ2n) is 4.01. The first-order chi connectivity index (χ1) is 9.31. The molecule has 102 valence electrons. The Morgan fingerprint density at radius 1 is 1.32 bits per heavy atom. The summed E-state index contributed by atoms with van der Waals surface area (Å²) in [5, 5.41) is 0.919. The molecule has 2 heterocycles. The highest BCUT2D eigenvalue weighted by Crippen LogP contribution is 2.22. The van der Waals surface area contributed by atoms with E-state index in [1.165, 1.54) is 6.33 Å². The van der Waals surface area contributed by atoms with E-state index in [2.05, 4.69) is 25.4 Å². The van der Waals surface area contributed by atoms with Gasteiger partial charge in [0.1, 0.15) is 16.9 Å². The minimum atomic E-state index is -0.109. The predicted molar refractivity (Wildman–Crippen MR) is 73.2 cm³/mol. The molecule has 8 heteroatoms. The molecular weight excluding hydrogens is 264 g/mol. The molecule has 0 saturated heterocycles. The number of amides is 1. The molecule has 0 bridgehead atoms. The fourth-order valence-corrected chi connectivity index (χ4v) is 2.62. The minimum absolute atomic E-state index is 0.109. The van der Waals surface area contributed by atoms with E-state index in [4.69, 9.17) is 5.84 Å². The van der Waals surface area contributed by atoms with Crippen molar-refractivity contribution in [1.29, 1.82) is 0 Å². The summed E-state index contributed by atoms with van der Waals surface area (Å²) in [6.45, 7) is 0. The van der Waals surface area contributed by atoms with Gasteiger partial charge in [-0.05, 0) is 18.6 Å². The molecular formula is C11H16N6OS. The molecule has 0 aromatic carbocycles. The maximum Gasteiger partial charge on any atom is 0.233 e. The van der Waals surface area contributed by atoms with Crippen molar-refractivity contribution in [2.75, 3.05) is 5.75 Å². The zero-order chi connectivity index (χ0) is 13.5. The number of hydrogen-bond donors (Lipinski definition) is 3. The molecule has 2 aromatic rings. The number of nitrogens with zero attached hydrogens (tertiary/aromatic N) is 3. The second kappa shape index (κ2) is 7.05. The Morgan fingerprint density at radius 2 is 2.21 bits per heavy atom. The molecule has 1 amide bonds. The van der Waals surface area contributed by atoms with Crippen molar-refractivity contribution >= 4 is 28.8 Å². The van der Waals surface area contributed by atoms with Crippen LogP contribution < -0.4 is 11.3 Å². The zero-order valence-electron chi connectivity index (χ0n) is 10.4. The van der Waals surface area contributed by atoms with Crippen LogP contribution >= 0.6 is 11.8 Å². The van der Waals surface area contributed by atoms with Gasteiger partial charge in [0.25, 0.3) is 0 Å². The van der Waals surface area contributed by atoms with Gasteiger partial charge in [-0.1, -0.05) is 6.42 Å². The minimum Gasteiger partial charge on any atom is -0.341 e. The van der Waals surface area contributed by atoms with Gasteiger partial charge >= 0.3 is 0 Å². The lowest BCUT2D eigenvalue weighted by atomic mass is 10.2. The molecule has 0 radical (unpaired) electrons. The SMILES string of the molecule is NNC(=O)CCCCCSc1ncnc2nc[nH]c12. The van der Waals surface area contributed by atoms with E-state index in [9.17, 15) is 4.79 Å². The lowest BCUT2D eigenvalue weighted by Gasteiger charge is -2.02. The number of imidazole rings is 1. The molecule has 0 saturated carbocycles. The fraction of sp³-hybridized carbons (Fsp3) is 0.455. The summed E-state index contributed by atoms with van der Waals surface area (Å²) in [5.41, 5.74) is 3.70. The first-order valence-electron chi connectivity index (χ1n) is 6.07. The van der Waals surface area contributed by atoms with Crippen molar-refractivity contribution in [3.63, 3.8) is 0 Å². The molecule has 2 aromatic heterocycles. The Balaban J connectivity index is 1.71. The highest BCUT2D eigenvalue weighted by atomic mass is 32.2. The normalized spacial score (nSPS) is 10.8. The van der Waals surface area contributed by atoms with Gasteiger partial charge in [0.2, 0.25) is 5.91 Å². The van der Waals surface area contributed by atoms with Crippen LogP contribution in [0.1, 0.15) is 25.7 Å². The first kappa shape index (κ1) is 13.8. The first-order valence-corrected chi connectivity index (χ1v) is 7.06. The van der Waals surface area contributed by atoms with E-state index in [-0.39, 0.29) is 5.91 Å². The Labute approximate surface area is 114 Å². The van der Waals surface area contributed by atoms with Crippen LogP contribution in [0.2, 0.25) is 0 Å². The number of carbonyl (C=O) groups excluding carboxylic acids is 1. The summed E-state index contributed by atoms with van der Waals surface area (Å²) in [6, 6.07) is 0. The van der Waals surface area contributed by atoms with Crippen LogP contribution in [0, 0.1) is 0 Å². The quantitative estimate of drug-likeness (QED) is 0.174. The summed E-state index contributed by atoms with van der Waals surface area (Å²) in [4.78, 5) is 26.3. The molecule has 0 aliphatic carbocycles. The number of thioether (sulfide) groups is 1. The van der Waals surface area contributed by atoms with Gasteiger partial charge < -0.3 is 4.98 Å². The summed E-state index contributed by atoms with van der Waals surface area (Å²) in [5.74, 6) is 5.85. The van der Waals surface area contributed by atoms with Crippen LogP contribution in [0.15, 0.2) is 17.7 Å². The van der Waals surface area contributed by atoms with Crippen LogP contribution in [0.25, 0.3) is 11.2 Å². The van der Waals surface area contributed by atoms with Gasteiger partial charge in [0.05, 0.1) is 6.33 Å². The maximum absolute atomic E-state index is 10.9. The smallest absolute Gasteiger partial charge is 0.233 e. The van der Waals surface area contributed by atoms with Crippen LogP contribution in [-0.2, 0) is 4.79 Å². The predicted octanol–water partition coefficient (Wildman–Crippen LogP) is 0.995. The van der Waals surface area contributed by atoms with E-state index in [0.717, 1.165) is 35.6 Å². The number of aromatic amines is 1. The third-order valence-electron chi connectivity index (χ3n) is 2.64. The van der Waals surface area contributed by atoms with Crippen molar-refractivity contribution in [2.24, 2.45) is 5.84 Å². The molecule has 7 nitrogen and oxygen atoms in total. The number of carbonyl (C=O) groups is 1. The maximum atomic E-state index is 10.9. The van der Waals surface area contributed by atoms with E-state index in [1.807, 2.05) is 0 Å². The third-order valence-corrected chi connectivity index (χ3v) is 3.71. The second-order valence-corrected chi connectivity index (χ2v) is 5.09. The van der Waals surface area contributed by atoms with Crippen LogP contribution in [0.5, 0.6) is 0 Å². The van der Waals surface area contributed by atoms with Gasteiger partial charge in [-0.25, -0.2) is 20.8 Å². The summed E-state index contributed by atoms with van der Waals surface area (Å²) < 4.78 is 0. The van der Waals surface area contributed by atoms with Gasteiger partial charge in [0.15, 0.2) is 5.65 Å². The Kier molecular flexibility index (Phi) is 5.10. The Hall–Kier alpha value is -1.67. The summed E-state index contributed by atoms with van der Waals surface area (Å²) in [6.07, 6.45) is 6.51. The van der Waals surface area contributed by atoms with Crippen molar-refractivity contribution < 1.29 is 4.79 Å². The van der Waals surface area contributed by atoms with Crippen molar-refractivity contribution in [3.8, 4) is 0 Å². The van der Waals surface area contributed by atoms with Gasteiger partial charge in [0, 0.05) is 6.42 Å². The number of H-pyrrole nitrogens is 1. The van der Waals surface area contributed by atoms with E-state index >= 15 is 0 Å². The lowest BCUT2D eigenvalue weighted by molar-refractivity contribution is -0.121. The molecule has 0 aliphatic rings. The molecule has 0 atom stereocenters. The number of nitrogens with two attached hydrogens (primary N) is 1. The van der Waals surface area contributed by atoms with Crippen LogP contribution in [0.4, 0.5) is 0 Å². The average Bonchev–Trinajstić information content (AvgIpc) is 2.91. The third kappa shape index (κ3) is 3.90. The number of nitrogens with one attached hydrogen (secondary N) is 2. The standard InChI is InChI=1S/C11H16N6OS/c12-17-8(18)4-2-1-3-5-19-11-9-10(14-6-13-9)15-7-16-11/h6-7H,1-5,12H2,(H,17,18)(H,13,14,15,16). The van der Waals surface area contributed by atoms with Crippen molar-refractivity contribution in [2.45, 2.75) is 30.7 Å². The van der Waals surface area contributed by atoms with Crippen LogP contribution in [0.3, 0.4) is 0 Å².